The van der Waals surface area contributed by atoms with E-state index < -0.39 is 0 Å². The van der Waals surface area contributed by atoms with Crippen LogP contribution in [0.25, 0.3) is 0 Å². The van der Waals surface area contributed by atoms with Crippen LogP contribution in [-0.2, 0) is 0 Å². The van der Waals surface area contributed by atoms with Crippen LogP contribution in [0.1, 0.15) is 26.7 Å². The van der Waals surface area contributed by atoms with Crippen molar-refractivity contribution in [1.29, 1.82) is 0 Å². The van der Waals surface area contributed by atoms with Gasteiger partial charge in [-0.05, 0) is 25.5 Å². The second-order valence-corrected chi connectivity index (χ2v) is 2.56. The summed E-state index contributed by atoms with van der Waals surface area (Å²) < 4.78 is 0. The zero-order valence-corrected chi connectivity index (χ0v) is 7.96. The molecule has 2 heteroatoms. The Labute approximate surface area is 74.9 Å². The van der Waals surface area contributed by atoms with Crippen LogP contribution >= 0.6 is 0 Å². The standard InChI is InChI=1S/C10H18N2/c1-3-5-8-12-9-6-7-10(11)4-2/h4,6-7,9H,3,5,8,11H2,1-2H3/b7-6-,10-4-,12-9?. The lowest BCUT2D eigenvalue weighted by Crippen LogP contribution is -1.90. The van der Waals surface area contributed by atoms with Crippen LogP contribution in [0.3, 0.4) is 0 Å². The fourth-order valence-corrected chi connectivity index (χ4v) is 0.635. The van der Waals surface area contributed by atoms with Gasteiger partial charge in [0.05, 0.1) is 0 Å². The predicted octanol–water partition coefficient (Wildman–Crippen LogP) is 2.28. The monoisotopic (exact) mass is 166 g/mol. The molecule has 0 saturated carbocycles. The third-order valence-corrected chi connectivity index (χ3v) is 1.45. The lowest BCUT2D eigenvalue weighted by Gasteiger charge is -1.87. The molecule has 0 aliphatic carbocycles. The minimum absolute atomic E-state index is 0.775. The number of hydrogen-bond acceptors (Lipinski definition) is 2. The maximum Gasteiger partial charge on any atom is 0.0389 e. The molecule has 0 rings (SSSR count). The quantitative estimate of drug-likeness (QED) is 0.380. The minimum atomic E-state index is 0.775. The average molecular weight is 166 g/mol. The molecule has 2 N–H and O–H groups in total. The van der Waals surface area contributed by atoms with Gasteiger partial charge in [0.2, 0.25) is 0 Å². The molecule has 0 saturated heterocycles. The summed E-state index contributed by atoms with van der Waals surface area (Å²) in [5.74, 6) is 0. The first-order chi connectivity index (χ1) is 5.81. The van der Waals surface area contributed by atoms with E-state index in [9.17, 15) is 0 Å². The lowest BCUT2D eigenvalue weighted by atomic mass is 10.3. The van der Waals surface area contributed by atoms with Crippen LogP contribution in [0.15, 0.2) is 28.9 Å². The summed E-state index contributed by atoms with van der Waals surface area (Å²) in [5.41, 5.74) is 6.30. The van der Waals surface area contributed by atoms with Gasteiger partial charge in [-0.2, -0.15) is 0 Å². The molecule has 0 unspecified atom stereocenters. The van der Waals surface area contributed by atoms with Crippen molar-refractivity contribution in [2.45, 2.75) is 26.7 Å². The molecule has 68 valence electrons. The predicted molar refractivity (Wildman–Crippen MR) is 55.4 cm³/mol. The van der Waals surface area contributed by atoms with E-state index in [-0.39, 0.29) is 0 Å². The molecule has 12 heavy (non-hydrogen) atoms. The van der Waals surface area contributed by atoms with Crippen molar-refractivity contribution in [3.8, 4) is 0 Å². The summed E-state index contributed by atoms with van der Waals surface area (Å²) in [6, 6.07) is 0. The number of unbranched alkanes of at least 4 members (excludes halogenated alkanes) is 1. The first-order valence-corrected chi connectivity index (χ1v) is 4.39. The highest BCUT2D eigenvalue weighted by molar-refractivity contribution is 5.71. The molecular weight excluding hydrogens is 148 g/mol. The molecule has 0 bridgehead atoms. The Morgan fingerprint density at radius 1 is 1.50 bits per heavy atom. The van der Waals surface area contributed by atoms with Gasteiger partial charge >= 0.3 is 0 Å². The van der Waals surface area contributed by atoms with E-state index in [1.54, 1.807) is 6.21 Å². The van der Waals surface area contributed by atoms with E-state index in [1.165, 1.54) is 6.42 Å². The van der Waals surface area contributed by atoms with Crippen molar-refractivity contribution in [3.63, 3.8) is 0 Å². The molecule has 0 amide bonds. The summed E-state index contributed by atoms with van der Waals surface area (Å²) in [4.78, 5) is 4.17. The summed E-state index contributed by atoms with van der Waals surface area (Å²) in [5, 5.41) is 0. The normalized spacial score (nSPS) is 13.3. The van der Waals surface area contributed by atoms with Gasteiger partial charge in [0.15, 0.2) is 0 Å². The molecular formula is C10H18N2. The van der Waals surface area contributed by atoms with E-state index in [4.69, 9.17) is 5.73 Å². The highest BCUT2D eigenvalue weighted by Gasteiger charge is 1.76. The van der Waals surface area contributed by atoms with E-state index >= 15 is 0 Å². The van der Waals surface area contributed by atoms with Gasteiger partial charge < -0.3 is 5.73 Å². The van der Waals surface area contributed by atoms with Crippen LogP contribution < -0.4 is 5.73 Å². The van der Waals surface area contributed by atoms with Crippen LogP contribution in [0.4, 0.5) is 0 Å². The van der Waals surface area contributed by atoms with Crippen molar-refractivity contribution in [2.24, 2.45) is 10.7 Å². The van der Waals surface area contributed by atoms with Crippen LogP contribution in [0, 0.1) is 0 Å². The Morgan fingerprint density at radius 3 is 2.83 bits per heavy atom. The van der Waals surface area contributed by atoms with Gasteiger partial charge in [-0.15, -0.1) is 0 Å². The maximum atomic E-state index is 5.53. The minimum Gasteiger partial charge on any atom is -0.399 e. The number of nitrogens with two attached hydrogens (primary N) is 1. The first-order valence-electron chi connectivity index (χ1n) is 4.39. The number of nitrogens with zero attached hydrogens (tertiary/aromatic N) is 1. The molecule has 0 spiro atoms. The number of aliphatic imine (C=N–C) groups is 1. The van der Waals surface area contributed by atoms with Crippen molar-refractivity contribution in [2.75, 3.05) is 6.54 Å². The molecule has 0 heterocycles. The van der Waals surface area contributed by atoms with E-state index in [0.717, 1.165) is 18.7 Å². The van der Waals surface area contributed by atoms with E-state index in [1.807, 2.05) is 25.2 Å². The van der Waals surface area contributed by atoms with Gasteiger partial charge in [0.1, 0.15) is 0 Å². The van der Waals surface area contributed by atoms with Gasteiger partial charge in [0.25, 0.3) is 0 Å². The fraction of sp³-hybridized carbons (Fsp3) is 0.500. The molecule has 0 aromatic heterocycles. The average Bonchev–Trinajstić information content (AvgIpc) is 2.10. The summed E-state index contributed by atoms with van der Waals surface area (Å²) in [6.07, 6.45) is 9.71. The van der Waals surface area contributed by atoms with Gasteiger partial charge in [-0.25, -0.2) is 0 Å². The molecule has 0 radical (unpaired) electrons. The zero-order chi connectivity index (χ0) is 9.23. The second kappa shape index (κ2) is 8.05. The smallest absolute Gasteiger partial charge is 0.0389 e. The summed E-state index contributed by atoms with van der Waals surface area (Å²) in [7, 11) is 0. The molecule has 0 aliphatic heterocycles. The Balaban J connectivity index is 3.52. The summed E-state index contributed by atoms with van der Waals surface area (Å²) in [6.45, 7) is 4.98. The van der Waals surface area contributed by atoms with Crippen molar-refractivity contribution >= 4 is 6.21 Å². The van der Waals surface area contributed by atoms with E-state index in [0.29, 0.717) is 0 Å². The Bertz CT molecular complexity index is 178. The van der Waals surface area contributed by atoms with Crippen LogP contribution in [0.5, 0.6) is 0 Å². The lowest BCUT2D eigenvalue weighted by molar-refractivity contribution is 0.810. The second-order valence-electron chi connectivity index (χ2n) is 2.56. The molecule has 0 fully saturated rings. The Morgan fingerprint density at radius 2 is 2.25 bits per heavy atom. The SMILES string of the molecule is C/C=C(N)/C=C\C=NCCCC. The molecule has 0 aliphatic rings. The van der Waals surface area contributed by atoms with Crippen molar-refractivity contribution < 1.29 is 0 Å². The molecule has 0 aromatic carbocycles. The highest BCUT2D eigenvalue weighted by atomic mass is 14.7. The Kier molecular flexibility index (Phi) is 7.35. The molecule has 2 nitrogen and oxygen atoms in total. The largest absolute Gasteiger partial charge is 0.399 e. The Hall–Kier alpha value is -1.05. The van der Waals surface area contributed by atoms with Crippen molar-refractivity contribution in [1.82, 2.24) is 0 Å². The van der Waals surface area contributed by atoms with Crippen LogP contribution in [0.2, 0.25) is 0 Å². The maximum absolute atomic E-state index is 5.53. The zero-order valence-electron chi connectivity index (χ0n) is 7.96. The van der Waals surface area contributed by atoms with Crippen molar-refractivity contribution in [3.05, 3.63) is 23.9 Å². The van der Waals surface area contributed by atoms with Gasteiger partial charge in [-0.1, -0.05) is 19.4 Å². The van der Waals surface area contributed by atoms with Gasteiger partial charge in [0, 0.05) is 18.5 Å². The highest BCUT2D eigenvalue weighted by Crippen LogP contribution is 1.87. The topological polar surface area (TPSA) is 38.4 Å². The first kappa shape index (κ1) is 11.0. The van der Waals surface area contributed by atoms with Gasteiger partial charge in [-0.3, -0.25) is 4.99 Å². The molecule has 0 atom stereocenters. The third kappa shape index (κ3) is 7.06. The number of hydrogen-bond donors (Lipinski definition) is 1. The fourth-order valence-electron chi connectivity index (χ4n) is 0.635. The number of allylic oxidation sites excluding steroid dienone is 3. The van der Waals surface area contributed by atoms with E-state index in [2.05, 4.69) is 11.9 Å². The molecule has 0 aromatic rings. The van der Waals surface area contributed by atoms with Crippen LogP contribution in [-0.4, -0.2) is 12.8 Å². The number of rotatable bonds is 5. The third-order valence-electron chi connectivity index (χ3n) is 1.45. The summed E-state index contributed by atoms with van der Waals surface area (Å²) >= 11 is 0.